The Labute approximate surface area is 139 Å². The summed E-state index contributed by atoms with van der Waals surface area (Å²) in [6.45, 7) is 4.33. The Kier molecular flexibility index (Phi) is 5.47. The van der Waals surface area contributed by atoms with Crippen molar-refractivity contribution in [3.8, 4) is 0 Å². The van der Waals surface area contributed by atoms with Crippen molar-refractivity contribution >= 4 is 34.2 Å². The molecule has 3 heteroatoms. The van der Waals surface area contributed by atoms with Crippen molar-refractivity contribution < 1.29 is 0 Å². The fourth-order valence-electron chi connectivity index (χ4n) is 2.40. The lowest BCUT2D eigenvalue weighted by Crippen LogP contribution is -2.15. The van der Waals surface area contributed by atoms with Gasteiger partial charge in [-0.15, -0.1) is 0 Å². The SMILES string of the molecule is CCc1ccc(CC)c(C(N)c2cc(Cl)ccc2I)c1. The first-order chi connectivity index (χ1) is 9.56. The van der Waals surface area contributed by atoms with Crippen LogP contribution in [0.1, 0.15) is 42.1 Å². The molecule has 0 aliphatic rings. The normalized spacial score (nSPS) is 12.4. The molecule has 0 saturated heterocycles. The van der Waals surface area contributed by atoms with Crippen molar-refractivity contribution in [2.75, 3.05) is 0 Å². The molecule has 0 amide bonds. The lowest BCUT2D eigenvalue weighted by molar-refractivity contribution is 0.840. The first-order valence-electron chi connectivity index (χ1n) is 6.89. The largest absolute Gasteiger partial charge is 0.320 e. The van der Waals surface area contributed by atoms with Crippen LogP contribution in [0.5, 0.6) is 0 Å². The summed E-state index contributed by atoms with van der Waals surface area (Å²) in [5, 5.41) is 0.737. The number of rotatable bonds is 4. The molecule has 0 radical (unpaired) electrons. The smallest absolute Gasteiger partial charge is 0.0565 e. The van der Waals surface area contributed by atoms with E-state index in [1.165, 1.54) is 16.7 Å². The molecule has 0 fully saturated rings. The molecule has 20 heavy (non-hydrogen) atoms. The standard InChI is InChI=1S/C17H19ClIN/c1-3-11-5-6-12(4-2)14(9-11)17(20)15-10-13(18)7-8-16(15)19/h5-10,17H,3-4,20H2,1-2H3. The zero-order valence-corrected chi connectivity index (χ0v) is 14.7. The molecule has 0 aliphatic carbocycles. The van der Waals surface area contributed by atoms with Crippen molar-refractivity contribution in [3.63, 3.8) is 0 Å². The van der Waals surface area contributed by atoms with Crippen molar-refractivity contribution in [2.24, 2.45) is 5.73 Å². The maximum absolute atomic E-state index is 6.52. The summed E-state index contributed by atoms with van der Waals surface area (Å²) in [6.07, 6.45) is 2.01. The molecule has 0 aromatic heterocycles. The second kappa shape index (κ2) is 6.92. The van der Waals surface area contributed by atoms with Gasteiger partial charge in [0.1, 0.15) is 0 Å². The summed E-state index contributed by atoms with van der Waals surface area (Å²) in [5.74, 6) is 0. The first-order valence-corrected chi connectivity index (χ1v) is 8.34. The van der Waals surface area contributed by atoms with E-state index in [9.17, 15) is 0 Å². The third kappa shape index (κ3) is 3.35. The lowest BCUT2D eigenvalue weighted by Gasteiger charge is -2.19. The molecule has 1 atom stereocenters. The molecule has 2 aromatic carbocycles. The average Bonchev–Trinajstić information content (AvgIpc) is 2.48. The number of aryl methyl sites for hydroxylation is 2. The van der Waals surface area contributed by atoms with Crippen LogP contribution in [0, 0.1) is 3.57 Å². The number of hydrogen-bond donors (Lipinski definition) is 1. The molecular weight excluding hydrogens is 381 g/mol. The third-order valence-electron chi connectivity index (χ3n) is 3.63. The Balaban J connectivity index is 2.51. The zero-order chi connectivity index (χ0) is 14.7. The summed E-state index contributed by atoms with van der Waals surface area (Å²) >= 11 is 8.44. The van der Waals surface area contributed by atoms with E-state index in [0.29, 0.717) is 0 Å². The molecular formula is C17H19ClIN. The van der Waals surface area contributed by atoms with Crippen LogP contribution < -0.4 is 5.73 Å². The van der Waals surface area contributed by atoms with E-state index in [1.54, 1.807) is 0 Å². The van der Waals surface area contributed by atoms with Gasteiger partial charge in [0.2, 0.25) is 0 Å². The molecule has 0 heterocycles. The highest BCUT2D eigenvalue weighted by molar-refractivity contribution is 14.1. The summed E-state index contributed by atoms with van der Waals surface area (Å²) in [4.78, 5) is 0. The molecule has 2 N–H and O–H groups in total. The topological polar surface area (TPSA) is 26.0 Å². The molecule has 2 aromatic rings. The maximum Gasteiger partial charge on any atom is 0.0565 e. The van der Waals surface area contributed by atoms with Gasteiger partial charge in [-0.25, -0.2) is 0 Å². The van der Waals surface area contributed by atoms with Gasteiger partial charge in [0.05, 0.1) is 6.04 Å². The number of hydrogen-bond acceptors (Lipinski definition) is 1. The average molecular weight is 400 g/mol. The minimum Gasteiger partial charge on any atom is -0.320 e. The van der Waals surface area contributed by atoms with Crippen LogP contribution >= 0.6 is 34.2 Å². The van der Waals surface area contributed by atoms with Gasteiger partial charge in [0, 0.05) is 8.59 Å². The van der Waals surface area contributed by atoms with Gasteiger partial charge in [-0.2, -0.15) is 0 Å². The molecule has 0 aliphatic heterocycles. The Morgan fingerprint density at radius 1 is 1.05 bits per heavy atom. The molecule has 1 unspecified atom stereocenters. The van der Waals surface area contributed by atoms with Crippen molar-refractivity contribution in [2.45, 2.75) is 32.7 Å². The molecule has 106 valence electrons. The predicted octanol–water partition coefficient (Wildman–Crippen LogP) is 5.12. The Hall–Kier alpha value is -0.580. The highest BCUT2D eigenvalue weighted by Gasteiger charge is 2.16. The van der Waals surface area contributed by atoms with Gasteiger partial charge >= 0.3 is 0 Å². The van der Waals surface area contributed by atoms with Gasteiger partial charge in [0.15, 0.2) is 0 Å². The van der Waals surface area contributed by atoms with Gasteiger partial charge in [0.25, 0.3) is 0 Å². The van der Waals surface area contributed by atoms with E-state index in [2.05, 4.69) is 54.6 Å². The number of nitrogens with two attached hydrogens (primary N) is 1. The molecule has 2 rings (SSSR count). The van der Waals surface area contributed by atoms with Crippen molar-refractivity contribution in [3.05, 3.63) is 67.2 Å². The number of benzene rings is 2. The third-order valence-corrected chi connectivity index (χ3v) is 4.85. The predicted molar refractivity (Wildman–Crippen MR) is 95.4 cm³/mol. The Bertz CT molecular complexity index is 610. The first kappa shape index (κ1) is 15.8. The minimum absolute atomic E-state index is 0.123. The van der Waals surface area contributed by atoms with Crippen LogP contribution in [-0.2, 0) is 12.8 Å². The summed E-state index contributed by atoms with van der Waals surface area (Å²) in [6, 6.07) is 12.4. The summed E-state index contributed by atoms with van der Waals surface area (Å²) < 4.78 is 1.16. The zero-order valence-electron chi connectivity index (χ0n) is 11.8. The molecule has 0 saturated carbocycles. The van der Waals surface area contributed by atoms with Crippen LogP contribution in [0.4, 0.5) is 0 Å². The van der Waals surface area contributed by atoms with E-state index in [1.807, 2.05) is 18.2 Å². The minimum atomic E-state index is -0.123. The van der Waals surface area contributed by atoms with Crippen LogP contribution in [-0.4, -0.2) is 0 Å². The fourth-order valence-corrected chi connectivity index (χ4v) is 3.25. The molecule has 1 nitrogen and oxygen atoms in total. The van der Waals surface area contributed by atoms with E-state index < -0.39 is 0 Å². The van der Waals surface area contributed by atoms with E-state index in [0.717, 1.165) is 27.0 Å². The molecule has 0 spiro atoms. The highest BCUT2D eigenvalue weighted by Crippen LogP contribution is 2.29. The van der Waals surface area contributed by atoms with Crippen molar-refractivity contribution in [1.82, 2.24) is 0 Å². The second-order valence-electron chi connectivity index (χ2n) is 4.88. The Morgan fingerprint density at radius 3 is 2.45 bits per heavy atom. The van der Waals surface area contributed by atoms with Gasteiger partial charge in [-0.1, -0.05) is 43.6 Å². The molecule has 0 bridgehead atoms. The van der Waals surface area contributed by atoms with Crippen LogP contribution in [0.2, 0.25) is 5.02 Å². The monoisotopic (exact) mass is 399 g/mol. The van der Waals surface area contributed by atoms with Gasteiger partial charge in [-0.3, -0.25) is 0 Å². The fraction of sp³-hybridized carbons (Fsp3) is 0.294. The quantitative estimate of drug-likeness (QED) is 0.710. The van der Waals surface area contributed by atoms with Crippen LogP contribution in [0.25, 0.3) is 0 Å². The van der Waals surface area contributed by atoms with Crippen molar-refractivity contribution in [1.29, 1.82) is 0 Å². The summed E-state index contributed by atoms with van der Waals surface area (Å²) in [5.41, 5.74) is 11.5. The lowest BCUT2D eigenvalue weighted by atomic mass is 9.92. The number of halogens is 2. The highest BCUT2D eigenvalue weighted by atomic mass is 127. The summed E-state index contributed by atoms with van der Waals surface area (Å²) in [7, 11) is 0. The van der Waals surface area contributed by atoms with E-state index >= 15 is 0 Å². The maximum atomic E-state index is 6.52. The van der Waals surface area contributed by atoms with E-state index in [-0.39, 0.29) is 6.04 Å². The van der Waals surface area contributed by atoms with Crippen LogP contribution in [0.3, 0.4) is 0 Å². The second-order valence-corrected chi connectivity index (χ2v) is 6.48. The van der Waals surface area contributed by atoms with Gasteiger partial charge < -0.3 is 5.73 Å². The van der Waals surface area contributed by atoms with Gasteiger partial charge in [-0.05, 0) is 75.9 Å². The van der Waals surface area contributed by atoms with E-state index in [4.69, 9.17) is 17.3 Å². The Morgan fingerprint density at radius 2 is 1.80 bits per heavy atom. The van der Waals surface area contributed by atoms with Crippen LogP contribution in [0.15, 0.2) is 36.4 Å².